The highest BCUT2D eigenvalue weighted by molar-refractivity contribution is 5.78. The third-order valence-corrected chi connectivity index (χ3v) is 2.03. The summed E-state index contributed by atoms with van der Waals surface area (Å²) >= 11 is 0. The Morgan fingerprint density at radius 1 is 1.23 bits per heavy atom. The second kappa shape index (κ2) is 2.94. The van der Waals surface area contributed by atoms with Gasteiger partial charge >= 0.3 is 0 Å². The van der Waals surface area contributed by atoms with Crippen molar-refractivity contribution in [2.24, 2.45) is 10.9 Å². The lowest BCUT2D eigenvalue weighted by molar-refractivity contribution is 1.07. The fraction of sp³-hybridized carbons (Fsp3) is 0.100. The topological polar surface area (TPSA) is 54.2 Å². The summed E-state index contributed by atoms with van der Waals surface area (Å²) in [5.74, 6) is 5.16. The summed E-state index contributed by atoms with van der Waals surface area (Å²) in [7, 11) is 0. The molecule has 0 aliphatic rings. The molecule has 0 saturated carbocycles. The highest BCUT2D eigenvalue weighted by Crippen LogP contribution is 2.10. The highest BCUT2D eigenvalue weighted by Gasteiger charge is 1.92. The summed E-state index contributed by atoms with van der Waals surface area (Å²) < 4.78 is 0. The maximum Gasteiger partial charge on any atom is 0.149 e. The Morgan fingerprint density at radius 2 is 2.08 bits per heavy atom. The van der Waals surface area contributed by atoms with Crippen LogP contribution in [0.2, 0.25) is 0 Å². The molecule has 2 rings (SSSR count). The second-order valence-electron chi connectivity index (χ2n) is 3.06. The quantitative estimate of drug-likeness (QED) is 0.457. The van der Waals surface area contributed by atoms with Gasteiger partial charge in [-0.2, -0.15) is 5.10 Å². The summed E-state index contributed by atoms with van der Waals surface area (Å²) in [5.41, 5.74) is 2.99. The van der Waals surface area contributed by atoms with Crippen LogP contribution >= 0.6 is 0 Å². The van der Waals surface area contributed by atoms with E-state index in [-0.39, 0.29) is 0 Å². The SMILES string of the molecule is Cc1ccc2[nH]/c(=N/N)ccc2c1. The summed E-state index contributed by atoms with van der Waals surface area (Å²) in [5, 5.41) is 4.76. The minimum absolute atomic E-state index is 0.691. The van der Waals surface area contributed by atoms with E-state index in [9.17, 15) is 0 Å². The molecule has 66 valence electrons. The fourth-order valence-electron chi connectivity index (χ4n) is 1.36. The predicted octanol–water partition coefficient (Wildman–Crippen LogP) is 1.25. The Bertz CT molecular complexity index is 497. The van der Waals surface area contributed by atoms with Gasteiger partial charge in [-0.25, -0.2) is 0 Å². The number of rotatable bonds is 0. The molecule has 0 fully saturated rings. The number of pyridine rings is 1. The molecule has 0 spiro atoms. The van der Waals surface area contributed by atoms with Crippen molar-refractivity contribution < 1.29 is 0 Å². The molecule has 0 amide bonds. The van der Waals surface area contributed by atoms with Gasteiger partial charge in [0.25, 0.3) is 0 Å². The Balaban J connectivity index is 2.81. The molecule has 0 aliphatic heterocycles. The van der Waals surface area contributed by atoms with Gasteiger partial charge in [-0.15, -0.1) is 0 Å². The largest absolute Gasteiger partial charge is 0.338 e. The summed E-state index contributed by atoms with van der Waals surface area (Å²) in [4.78, 5) is 3.11. The number of nitrogens with zero attached hydrogens (tertiary/aromatic N) is 1. The molecule has 1 aromatic carbocycles. The van der Waals surface area contributed by atoms with E-state index >= 15 is 0 Å². The molecule has 13 heavy (non-hydrogen) atoms. The van der Waals surface area contributed by atoms with Crippen LogP contribution < -0.4 is 11.3 Å². The maximum absolute atomic E-state index is 5.16. The van der Waals surface area contributed by atoms with Crippen molar-refractivity contribution in [2.75, 3.05) is 0 Å². The van der Waals surface area contributed by atoms with Gasteiger partial charge < -0.3 is 10.8 Å². The molecule has 0 radical (unpaired) electrons. The lowest BCUT2D eigenvalue weighted by Crippen LogP contribution is -2.08. The minimum Gasteiger partial charge on any atom is -0.338 e. The molecule has 1 heterocycles. The lowest BCUT2D eigenvalue weighted by atomic mass is 10.1. The van der Waals surface area contributed by atoms with Gasteiger partial charge in [0.1, 0.15) is 5.49 Å². The van der Waals surface area contributed by atoms with Crippen molar-refractivity contribution in [3.63, 3.8) is 0 Å². The van der Waals surface area contributed by atoms with E-state index in [1.807, 2.05) is 18.2 Å². The Morgan fingerprint density at radius 3 is 2.85 bits per heavy atom. The van der Waals surface area contributed by atoms with Gasteiger partial charge in [-0.05, 0) is 36.6 Å². The zero-order valence-electron chi connectivity index (χ0n) is 7.41. The van der Waals surface area contributed by atoms with Crippen LogP contribution in [0.1, 0.15) is 5.56 Å². The molecule has 0 unspecified atom stereocenters. The first-order valence-electron chi connectivity index (χ1n) is 4.13. The van der Waals surface area contributed by atoms with Crippen LogP contribution in [0.25, 0.3) is 10.9 Å². The smallest absolute Gasteiger partial charge is 0.149 e. The number of nitrogens with two attached hydrogens (primary N) is 1. The molecule has 3 N–H and O–H groups in total. The third-order valence-electron chi connectivity index (χ3n) is 2.03. The number of hydrogen-bond acceptors (Lipinski definition) is 2. The van der Waals surface area contributed by atoms with Crippen molar-refractivity contribution >= 4 is 10.9 Å². The van der Waals surface area contributed by atoms with E-state index < -0.39 is 0 Å². The number of fused-ring (bicyclic) bond motifs is 1. The summed E-state index contributed by atoms with van der Waals surface area (Å²) in [6.07, 6.45) is 0. The molecule has 0 atom stereocenters. The van der Waals surface area contributed by atoms with E-state index in [2.05, 4.69) is 29.1 Å². The molecule has 3 heteroatoms. The van der Waals surface area contributed by atoms with Gasteiger partial charge in [0.2, 0.25) is 0 Å². The minimum atomic E-state index is 0.691. The van der Waals surface area contributed by atoms with Crippen LogP contribution in [0, 0.1) is 6.92 Å². The van der Waals surface area contributed by atoms with Crippen molar-refractivity contribution in [1.82, 2.24) is 4.98 Å². The number of nitrogens with one attached hydrogen (secondary N) is 1. The number of H-pyrrole nitrogens is 1. The first-order valence-corrected chi connectivity index (χ1v) is 4.13. The fourth-order valence-corrected chi connectivity index (χ4v) is 1.36. The van der Waals surface area contributed by atoms with E-state index in [4.69, 9.17) is 5.84 Å². The monoisotopic (exact) mass is 173 g/mol. The number of aryl methyl sites for hydroxylation is 1. The van der Waals surface area contributed by atoms with Gasteiger partial charge in [-0.3, -0.25) is 0 Å². The standard InChI is InChI=1S/C10H11N3/c1-7-2-4-9-8(6-7)3-5-10(12-9)13-11/h2-6H,11H2,1H3,(H,12,13). The number of benzene rings is 1. The van der Waals surface area contributed by atoms with E-state index in [1.54, 1.807) is 0 Å². The van der Waals surface area contributed by atoms with Crippen molar-refractivity contribution in [3.8, 4) is 0 Å². The van der Waals surface area contributed by atoms with E-state index in [0.717, 1.165) is 5.52 Å². The normalized spacial score (nSPS) is 12.2. The van der Waals surface area contributed by atoms with Gasteiger partial charge in [-0.1, -0.05) is 11.6 Å². The van der Waals surface area contributed by atoms with Crippen LogP contribution in [0.3, 0.4) is 0 Å². The van der Waals surface area contributed by atoms with E-state index in [0.29, 0.717) is 5.49 Å². The Hall–Kier alpha value is -1.77. The van der Waals surface area contributed by atoms with Crippen molar-refractivity contribution in [1.29, 1.82) is 0 Å². The lowest BCUT2D eigenvalue weighted by Gasteiger charge is -1.98. The highest BCUT2D eigenvalue weighted by atomic mass is 15.1. The Labute approximate surface area is 75.9 Å². The molecule has 0 aliphatic carbocycles. The van der Waals surface area contributed by atoms with Crippen LogP contribution in [0.15, 0.2) is 35.4 Å². The average molecular weight is 173 g/mol. The summed E-state index contributed by atoms with van der Waals surface area (Å²) in [6.45, 7) is 2.07. The third kappa shape index (κ3) is 1.40. The molecular formula is C10H11N3. The van der Waals surface area contributed by atoms with Gasteiger partial charge in [0, 0.05) is 5.52 Å². The molecule has 0 saturated heterocycles. The molecular weight excluding hydrogens is 162 g/mol. The maximum atomic E-state index is 5.16. The Kier molecular flexibility index (Phi) is 1.77. The van der Waals surface area contributed by atoms with Crippen LogP contribution in [-0.4, -0.2) is 4.98 Å². The zero-order valence-corrected chi connectivity index (χ0v) is 7.41. The first kappa shape index (κ1) is 7.86. The van der Waals surface area contributed by atoms with Gasteiger partial charge in [0.05, 0.1) is 0 Å². The van der Waals surface area contributed by atoms with Crippen molar-refractivity contribution in [3.05, 3.63) is 41.4 Å². The van der Waals surface area contributed by atoms with Crippen LogP contribution in [0.4, 0.5) is 0 Å². The van der Waals surface area contributed by atoms with Crippen molar-refractivity contribution in [2.45, 2.75) is 6.92 Å². The number of aromatic nitrogens is 1. The van der Waals surface area contributed by atoms with Crippen LogP contribution in [0.5, 0.6) is 0 Å². The molecule has 2 aromatic rings. The predicted molar refractivity (Wildman–Crippen MR) is 52.8 cm³/mol. The second-order valence-corrected chi connectivity index (χ2v) is 3.06. The first-order chi connectivity index (χ1) is 6.29. The average Bonchev–Trinajstić information content (AvgIpc) is 2.17. The van der Waals surface area contributed by atoms with Gasteiger partial charge in [0.15, 0.2) is 0 Å². The summed E-state index contributed by atoms with van der Waals surface area (Å²) in [6, 6.07) is 10.1. The van der Waals surface area contributed by atoms with E-state index in [1.165, 1.54) is 10.9 Å². The zero-order chi connectivity index (χ0) is 9.26. The molecule has 1 aromatic heterocycles. The number of aromatic amines is 1. The molecule has 0 bridgehead atoms. The molecule has 3 nitrogen and oxygen atoms in total. The van der Waals surface area contributed by atoms with Crippen LogP contribution in [-0.2, 0) is 0 Å². The number of hydrogen-bond donors (Lipinski definition) is 2.